The van der Waals surface area contributed by atoms with Crippen molar-refractivity contribution in [1.29, 1.82) is 0 Å². The van der Waals surface area contributed by atoms with Gasteiger partial charge in [0.2, 0.25) is 0 Å². The second-order valence-corrected chi connectivity index (χ2v) is 8.01. The van der Waals surface area contributed by atoms with Crippen molar-refractivity contribution < 1.29 is 9.21 Å². The van der Waals surface area contributed by atoms with Crippen LogP contribution in [-0.2, 0) is 4.79 Å². The van der Waals surface area contributed by atoms with E-state index in [2.05, 4.69) is 10.3 Å². The molecular formula is C20H11Cl3N2O2S. The number of furan rings is 1. The highest BCUT2D eigenvalue weighted by molar-refractivity contribution is 8.18. The van der Waals surface area contributed by atoms with E-state index in [1.807, 2.05) is 24.3 Å². The number of halogens is 3. The minimum atomic E-state index is -0.250. The van der Waals surface area contributed by atoms with Crippen LogP contribution in [0.4, 0.5) is 5.69 Å². The fraction of sp³-hybridized carbons (Fsp3) is 0. The highest BCUT2D eigenvalue weighted by Crippen LogP contribution is 2.33. The third-order valence-corrected chi connectivity index (χ3v) is 5.80. The third kappa shape index (κ3) is 4.13. The van der Waals surface area contributed by atoms with Gasteiger partial charge in [0, 0.05) is 11.6 Å². The van der Waals surface area contributed by atoms with Crippen molar-refractivity contribution in [3.8, 4) is 11.3 Å². The number of benzene rings is 2. The fourth-order valence-electron chi connectivity index (χ4n) is 2.52. The Labute approximate surface area is 180 Å². The van der Waals surface area contributed by atoms with Crippen LogP contribution in [0.5, 0.6) is 0 Å². The lowest BCUT2D eigenvalue weighted by Gasteiger charge is -1.99. The van der Waals surface area contributed by atoms with E-state index in [0.717, 1.165) is 5.56 Å². The molecule has 0 spiro atoms. The van der Waals surface area contributed by atoms with Gasteiger partial charge in [-0.2, -0.15) is 0 Å². The van der Waals surface area contributed by atoms with Crippen LogP contribution in [-0.4, -0.2) is 11.1 Å². The van der Waals surface area contributed by atoms with Gasteiger partial charge in [-0.15, -0.1) is 0 Å². The Morgan fingerprint density at radius 2 is 1.79 bits per heavy atom. The average molecular weight is 450 g/mol. The molecule has 1 aromatic heterocycles. The molecule has 0 atom stereocenters. The summed E-state index contributed by atoms with van der Waals surface area (Å²) in [4.78, 5) is 17.1. The minimum absolute atomic E-state index is 0.250. The van der Waals surface area contributed by atoms with Gasteiger partial charge in [-0.3, -0.25) is 4.79 Å². The summed E-state index contributed by atoms with van der Waals surface area (Å²) in [5.74, 6) is 0.924. The normalized spacial score (nSPS) is 16.8. The van der Waals surface area contributed by atoms with E-state index < -0.39 is 0 Å². The van der Waals surface area contributed by atoms with Crippen molar-refractivity contribution in [2.24, 2.45) is 4.99 Å². The van der Waals surface area contributed by atoms with Crippen molar-refractivity contribution in [2.75, 3.05) is 0 Å². The molecule has 1 N–H and O–H groups in total. The monoisotopic (exact) mass is 448 g/mol. The maximum atomic E-state index is 12.2. The number of hydrogen-bond acceptors (Lipinski definition) is 4. The van der Waals surface area contributed by atoms with E-state index in [1.54, 1.807) is 36.4 Å². The molecule has 0 saturated carbocycles. The molecule has 1 aliphatic rings. The number of nitrogens with zero attached hydrogens (tertiary/aromatic N) is 1. The van der Waals surface area contributed by atoms with Gasteiger partial charge >= 0.3 is 0 Å². The van der Waals surface area contributed by atoms with Crippen LogP contribution in [0, 0.1) is 0 Å². The van der Waals surface area contributed by atoms with Crippen LogP contribution in [0.3, 0.4) is 0 Å². The highest BCUT2D eigenvalue weighted by Gasteiger charge is 2.24. The van der Waals surface area contributed by atoms with Crippen LogP contribution in [0.1, 0.15) is 5.76 Å². The summed E-state index contributed by atoms with van der Waals surface area (Å²) in [6, 6.07) is 16.0. The van der Waals surface area contributed by atoms with Crippen molar-refractivity contribution in [1.82, 2.24) is 5.32 Å². The summed E-state index contributed by atoms with van der Waals surface area (Å²) in [5, 5.41) is 4.62. The van der Waals surface area contributed by atoms with Gasteiger partial charge in [-0.05, 0) is 54.2 Å². The summed E-state index contributed by atoms with van der Waals surface area (Å²) in [5.41, 5.74) is 1.39. The van der Waals surface area contributed by atoms with Gasteiger partial charge in [0.05, 0.1) is 25.7 Å². The molecule has 0 unspecified atom stereocenters. The number of amides is 1. The van der Waals surface area contributed by atoms with Crippen molar-refractivity contribution >= 4 is 69.4 Å². The van der Waals surface area contributed by atoms with Crippen LogP contribution in [0.25, 0.3) is 17.4 Å². The van der Waals surface area contributed by atoms with Gasteiger partial charge in [0.25, 0.3) is 5.91 Å². The Kier molecular flexibility index (Phi) is 5.51. The lowest BCUT2D eigenvalue weighted by molar-refractivity contribution is -0.115. The number of rotatable bonds is 3. The highest BCUT2D eigenvalue weighted by atomic mass is 35.5. The van der Waals surface area contributed by atoms with Gasteiger partial charge in [-0.1, -0.05) is 46.9 Å². The van der Waals surface area contributed by atoms with Gasteiger partial charge in [0.15, 0.2) is 5.17 Å². The predicted octanol–water partition coefficient (Wildman–Crippen LogP) is 6.80. The van der Waals surface area contributed by atoms with Crippen molar-refractivity contribution in [2.45, 2.75) is 0 Å². The third-order valence-electron chi connectivity index (χ3n) is 3.82. The van der Waals surface area contributed by atoms with Crippen LogP contribution in [0.15, 0.2) is 68.9 Å². The van der Waals surface area contributed by atoms with E-state index >= 15 is 0 Å². The molecule has 2 aromatic carbocycles. The van der Waals surface area contributed by atoms with E-state index in [4.69, 9.17) is 39.2 Å². The van der Waals surface area contributed by atoms with Crippen molar-refractivity contribution in [3.05, 3.63) is 80.3 Å². The zero-order valence-electron chi connectivity index (χ0n) is 14.1. The molecule has 2 heterocycles. The van der Waals surface area contributed by atoms with E-state index in [9.17, 15) is 4.79 Å². The van der Waals surface area contributed by atoms with Crippen LogP contribution >= 0.6 is 46.6 Å². The number of hydrogen-bond donors (Lipinski definition) is 1. The second-order valence-electron chi connectivity index (χ2n) is 5.76. The summed E-state index contributed by atoms with van der Waals surface area (Å²) < 4.78 is 5.82. The first-order valence-corrected chi connectivity index (χ1v) is 10.0. The lowest BCUT2D eigenvalue weighted by atomic mass is 10.2. The lowest BCUT2D eigenvalue weighted by Crippen LogP contribution is -2.19. The quantitative estimate of drug-likeness (QED) is 0.447. The largest absolute Gasteiger partial charge is 0.457 e. The number of aliphatic imine (C=N–C) groups is 1. The fourth-order valence-corrected chi connectivity index (χ4v) is 3.86. The number of thioether (sulfide) groups is 1. The molecule has 1 aliphatic heterocycles. The van der Waals surface area contributed by atoms with Gasteiger partial charge in [0.1, 0.15) is 11.5 Å². The summed E-state index contributed by atoms with van der Waals surface area (Å²) in [6.07, 6.45) is 1.66. The van der Waals surface area contributed by atoms with E-state index in [0.29, 0.717) is 42.3 Å². The molecular weight excluding hydrogens is 439 g/mol. The Hall–Kier alpha value is -2.18. The molecule has 8 heteroatoms. The van der Waals surface area contributed by atoms with E-state index in [1.165, 1.54) is 11.8 Å². The zero-order chi connectivity index (χ0) is 19.7. The Morgan fingerprint density at radius 1 is 0.964 bits per heavy atom. The number of nitrogens with one attached hydrogen (secondary N) is 1. The molecule has 0 bridgehead atoms. The number of carbonyl (C=O) groups is 1. The molecule has 1 amide bonds. The Bertz CT molecular complexity index is 1140. The molecule has 0 radical (unpaired) electrons. The summed E-state index contributed by atoms with van der Waals surface area (Å²) in [6.45, 7) is 0. The smallest absolute Gasteiger partial charge is 0.264 e. The minimum Gasteiger partial charge on any atom is -0.457 e. The van der Waals surface area contributed by atoms with E-state index in [-0.39, 0.29) is 5.91 Å². The Morgan fingerprint density at radius 3 is 2.57 bits per heavy atom. The maximum absolute atomic E-state index is 12.2. The number of carbonyl (C=O) groups excluding carboxylic acids is 1. The molecule has 1 fully saturated rings. The Balaban J connectivity index is 1.56. The first-order chi connectivity index (χ1) is 13.5. The maximum Gasteiger partial charge on any atom is 0.264 e. The number of amidine groups is 1. The second kappa shape index (κ2) is 8.05. The average Bonchev–Trinajstić information content (AvgIpc) is 3.26. The van der Waals surface area contributed by atoms with Crippen LogP contribution in [0.2, 0.25) is 15.1 Å². The summed E-state index contributed by atoms with van der Waals surface area (Å²) in [7, 11) is 0. The molecule has 28 heavy (non-hydrogen) atoms. The zero-order valence-corrected chi connectivity index (χ0v) is 17.2. The molecule has 1 saturated heterocycles. The summed E-state index contributed by atoms with van der Waals surface area (Å²) >= 11 is 19.3. The SMILES string of the molecule is O=C1NC(=Nc2ccc(Cl)c(Cl)c2)SC1=Cc1ccc(-c2ccccc2Cl)o1. The topological polar surface area (TPSA) is 54.6 Å². The van der Waals surface area contributed by atoms with Crippen molar-refractivity contribution in [3.63, 3.8) is 0 Å². The predicted molar refractivity (Wildman–Crippen MR) is 116 cm³/mol. The van der Waals surface area contributed by atoms with Gasteiger partial charge in [-0.25, -0.2) is 4.99 Å². The first kappa shape index (κ1) is 19.2. The molecule has 140 valence electrons. The molecule has 3 aromatic rings. The molecule has 4 rings (SSSR count). The standard InChI is InChI=1S/C20H11Cl3N2O2S/c21-14-4-2-1-3-13(14)17-8-6-12(27-17)10-18-19(26)25-20(28-18)24-11-5-7-15(22)16(23)9-11/h1-10H,(H,24,25,26). The molecule has 4 nitrogen and oxygen atoms in total. The van der Waals surface area contributed by atoms with Crippen LogP contribution < -0.4 is 5.32 Å². The first-order valence-electron chi connectivity index (χ1n) is 8.09. The molecule has 0 aliphatic carbocycles. The van der Waals surface area contributed by atoms with Gasteiger partial charge < -0.3 is 9.73 Å².